The van der Waals surface area contributed by atoms with Gasteiger partial charge in [0.15, 0.2) is 5.78 Å². The molecule has 7 nitrogen and oxygen atoms in total. The number of hydrogen-bond donors (Lipinski definition) is 2. The van der Waals surface area contributed by atoms with Gasteiger partial charge in [0, 0.05) is 29.6 Å². The van der Waals surface area contributed by atoms with Gasteiger partial charge in [-0.25, -0.2) is 4.98 Å². The maximum Gasteiger partial charge on any atom is 0.268 e. The molecule has 0 aliphatic carbocycles. The first-order valence-electron chi connectivity index (χ1n) is 10.8. The van der Waals surface area contributed by atoms with E-state index < -0.39 is 0 Å². The van der Waals surface area contributed by atoms with Gasteiger partial charge in [0.1, 0.15) is 17.2 Å². The van der Waals surface area contributed by atoms with E-state index >= 15 is 0 Å². The van der Waals surface area contributed by atoms with E-state index in [1.165, 1.54) is 6.92 Å². The van der Waals surface area contributed by atoms with Crippen LogP contribution in [0.5, 0.6) is 17.4 Å². The topological polar surface area (TPSA) is 93.3 Å². The van der Waals surface area contributed by atoms with E-state index in [1.54, 1.807) is 19.2 Å². The van der Waals surface area contributed by atoms with Crippen molar-refractivity contribution in [2.24, 2.45) is 0 Å². The number of pyridine rings is 1. The van der Waals surface area contributed by atoms with Crippen molar-refractivity contribution in [3.8, 4) is 17.4 Å². The minimum absolute atomic E-state index is 0.0521. The fourth-order valence-electron chi connectivity index (χ4n) is 3.55. The van der Waals surface area contributed by atoms with E-state index in [-0.39, 0.29) is 18.2 Å². The lowest BCUT2D eigenvalue weighted by atomic mass is 10.0. The van der Waals surface area contributed by atoms with Gasteiger partial charge in [0.25, 0.3) is 5.91 Å². The average molecular weight is 436 g/mol. The zero-order chi connectivity index (χ0) is 23.1. The molecule has 0 aliphatic rings. The number of aromatic amines is 1. The molecule has 7 heteroatoms. The first kappa shape index (κ1) is 23.1. The number of ether oxygens (including phenoxy) is 2. The first-order chi connectivity index (χ1) is 15.4. The number of carbonyl (C=O) groups is 2. The molecule has 3 rings (SSSR count). The van der Waals surface area contributed by atoms with Gasteiger partial charge >= 0.3 is 0 Å². The summed E-state index contributed by atoms with van der Waals surface area (Å²) in [6, 6.07) is 11.0. The fraction of sp³-hybridized carbons (Fsp3) is 0.320. The Hall–Kier alpha value is -3.61. The Labute approximate surface area is 188 Å². The standard InChI is InChI=1S/C25H29N3O4/c1-5-14-31-19-9-11-20(12-10-19)32-25-18(8-7-13-26-25)15-27-24(30)23-21(6-2)22(17(4)29)16(3)28-23/h7-13,28H,5-6,14-15H2,1-4H3,(H,27,30). The second-order valence-electron chi connectivity index (χ2n) is 7.46. The van der Waals surface area contributed by atoms with Crippen LogP contribution in [-0.4, -0.2) is 28.3 Å². The number of ketones is 1. The van der Waals surface area contributed by atoms with E-state index in [1.807, 2.05) is 37.3 Å². The van der Waals surface area contributed by atoms with Gasteiger partial charge in [-0.3, -0.25) is 9.59 Å². The summed E-state index contributed by atoms with van der Waals surface area (Å²) in [4.78, 5) is 32.2. The summed E-state index contributed by atoms with van der Waals surface area (Å²) in [6.45, 7) is 8.20. The van der Waals surface area contributed by atoms with E-state index in [4.69, 9.17) is 9.47 Å². The van der Waals surface area contributed by atoms with Gasteiger partial charge in [-0.05, 0) is 62.6 Å². The van der Waals surface area contributed by atoms with Gasteiger partial charge in [-0.1, -0.05) is 19.9 Å². The Morgan fingerprint density at radius 2 is 1.81 bits per heavy atom. The average Bonchev–Trinajstić information content (AvgIpc) is 3.14. The number of carbonyl (C=O) groups excluding carboxylic acids is 2. The molecule has 32 heavy (non-hydrogen) atoms. The monoisotopic (exact) mass is 435 g/mol. The van der Waals surface area contributed by atoms with Crippen LogP contribution >= 0.6 is 0 Å². The predicted molar refractivity (Wildman–Crippen MR) is 123 cm³/mol. The van der Waals surface area contributed by atoms with Crippen LogP contribution in [0.1, 0.15) is 64.9 Å². The zero-order valence-corrected chi connectivity index (χ0v) is 19.0. The Morgan fingerprint density at radius 3 is 2.47 bits per heavy atom. The molecule has 168 valence electrons. The fourth-order valence-corrected chi connectivity index (χ4v) is 3.55. The number of hydrogen-bond acceptors (Lipinski definition) is 5. The number of nitrogens with zero attached hydrogens (tertiary/aromatic N) is 1. The number of benzene rings is 1. The van der Waals surface area contributed by atoms with Gasteiger partial charge in [0.05, 0.1) is 6.61 Å². The van der Waals surface area contributed by atoms with Crippen molar-refractivity contribution in [2.75, 3.05) is 6.61 Å². The smallest absolute Gasteiger partial charge is 0.268 e. The summed E-state index contributed by atoms with van der Waals surface area (Å²) >= 11 is 0. The highest BCUT2D eigenvalue weighted by Gasteiger charge is 2.21. The van der Waals surface area contributed by atoms with Crippen LogP contribution in [0.3, 0.4) is 0 Å². The SMILES string of the molecule is CCCOc1ccc(Oc2ncccc2CNC(=O)c2[nH]c(C)c(C(C)=O)c2CC)cc1. The van der Waals surface area contributed by atoms with Crippen molar-refractivity contribution >= 4 is 11.7 Å². The molecule has 1 aromatic carbocycles. The third-order valence-corrected chi connectivity index (χ3v) is 5.02. The van der Waals surface area contributed by atoms with Crippen LogP contribution < -0.4 is 14.8 Å². The third kappa shape index (κ3) is 5.35. The van der Waals surface area contributed by atoms with Crippen molar-refractivity contribution in [3.05, 3.63) is 70.7 Å². The quantitative estimate of drug-likeness (QED) is 0.438. The minimum atomic E-state index is -0.273. The second kappa shape index (κ2) is 10.6. The Morgan fingerprint density at radius 1 is 1.09 bits per heavy atom. The summed E-state index contributed by atoms with van der Waals surface area (Å²) in [5, 5.41) is 2.91. The molecule has 0 saturated heterocycles. The Bertz CT molecular complexity index is 1090. The second-order valence-corrected chi connectivity index (χ2v) is 7.46. The Balaban J connectivity index is 1.71. The highest BCUT2D eigenvalue weighted by Crippen LogP contribution is 2.25. The molecule has 0 fully saturated rings. The van der Waals surface area contributed by atoms with Crippen molar-refractivity contribution in [1.29, 1.82) is 0 Å². The van der Waals surface area contributed by atoms with Gasteiger partial charge in [-0.2, -0.15) is 0 Å². The van der Waals surface area contributed by atoms with Crippen molar-refractivity contribution < 1.29 is 19.1 Å². The van der Waals surface area contributed by atoms with Gasteiger partial charge in [-0.15, -0.1) is 0 Å². The predicted octanol–water partition coefficient (Wildman–Crippen LogP) is 4.99. The van der Waals surface area contributed by atoms with Crippen LogP contribution in [0.25, 0.3) is 0 Å². The lowest BCUT2D eigenvalue weighted by Crippen LogP contribution is -2.24. The molecule has 0 atom stereocenters. The van der Waals surface area contributed by atoms with Crippen LogP contribution in [0.2, 0.25) is 0 Å². The molecule has 0 unspecified atom stereocenters. The molecular formula is C25H29N3O4. The number of aryl methyl sites for hydroxylation is 1. The Kier molecular flexibility index (Phi) is 7.65. The summed E-state index contributed by atoms with van der Waals surface area (Å²) in [5.74, 6) is 1.50. The highest BCUT2D eigenvalue weighted by atomic mass is 16.5. The molecule has 0 aliphatic heterocycles. The molecule has 2 N–H and O–H groups in total. The van der Waals surface area contributed by atoms with E-state index in [0.717, 1.165) is 23.3 Å². The van der Waals surface area contributed by atoms with Crippen LogP contribution in [0, 0.1) is 6.92 Å². The van der Waals surface area contributed by atoms with Crippen molar-refractivity contribution in [3.63, 3.8) is 0 Å². The molecule has 1 amide bonds. The normalized spacial score (nSPS) is 10.6. The van der Waals surface area contributed by atoms with Crippen LogP contribution in [0.4, 0.5) is 0 Å². The lowest BCUT2D eigenvalue weighted by molar-refractivity contribution is 0.0945. The molecule has 0 radical (unpaired) electrons. The molecular weight excluding hydrogens is 406 g/mol. The molecule has 3 aromatic rings. The number of amides is 1. The number of H-pyrrole nitrogens is 1. The van der Waals surface area contributed by atoms with E-state index in [9.17, 15) is 9.59 Å². The number of nitrogens with one attached hydrogen (secondary N) is 2. The minimum Gasteiger partial charge on any atom is -0.494 e. The van der Waals surface area contributed by atoms with Crippen molar-refractivity contribution in [2.45, 2.75) is 47.1 Å². The number of aromatic nitrogens is 2. The molecule has 0 bridgehead atoms. The maximum absolute atomic E-state index is 12.9. The molecule has 2 aromatic heterocycles. The van der Waals surface area contributed by atoms with Crippen LogP contribution in [0.15, 0.2) is 42.6 Å². The van der Waals surface area contributed by atoms with Crippen LogP contribution in [-0.2, 0) is 13.0 Å². The molecule has 0 saturated carbocycles. The summed E-state index contributed by atoms with van der Waals surface area (Å²) < 4.78 is 11.5. The maximum atomic E-state index is 12.9. The number of Topliss-reactive ketones (excluding diaryl/α,β-unsaturated/α-hetero) is 1. The lowest BCUT2D eigenvalue weighted by Gasteiger charge is -2.12. The molecule has 0 spiro atoms. The third-order valence-electron chi connectivity index (χ3n) is 5.02. The van der Waals surface area contributed by atoms with E-state index in [0.29, 0.717) is 41.6 Å². The number of rotatable bonds is 10. The van der Waals surface area contributed by atoms with E-state index in [2.05, 4.69) is 22.2 Å². The largest absolute Gasteiger partial charge is 0.494 e. The summed E-state index contributed by atoms with van der Waals surface area (Å²) in [5.41, 5.74) is 3.19. The molecule has 2 heterocycles. The summed E-state index contributed by atoms with van der Waals surface area (Å²) in [6.07, 6.45) is 3.17. The zero-order valence-electron chi connectivity index (χ0n) is 19.0. The van der Waals surface area contributed by atoms with Gasteiger partial charge < -0.3 is 19.8 Å². The highest BCUT2D eigenvalue weighted by molar-refractivity contribution is 6.02. The summed E-state index contributed by atoms with van der Waals surface area (Å²) in [7, 11) is 0. The van der Waals surface area contributed by atoms with Gasteiger partial charge in [0.2, 0.25) is 5.88 Å². The first-order valence-corrected chi connectivity index (χ1v) is 10.8. The van der Waals surface area contributed by atoms with Crippen molar-refractivity contribution in [1.82, 2.24) is 15.3 Å².